The molecule has 0 aliphatic carbocycles. The van der Waals surface area contributed by atoms with Crippen molar-refractivity contribution in [2.24, 2.45) is 0 Å². The minimum atomic E-state index is -0.150. The summed E-state index contributed by atoms with van der Waals surface area (Å²) in [7, 11) is 0. The van der Waals surface area contributed by atoms with Gasteiger partial charge in [-0.05, 0) is 21.5 Å². The summed E-state index contributed by atoms with van der Waals surface area (Å²) in [5, 5.41) is 1.57. The number of benzene rings is 1. The predicted octanol–water partition coefficient (Wildman–Crippen LogP) is 4.70. The molecule has 0 fully saturated rings. The Kier molecular flexibility index (Phi) is 2.72. The van der Waals surface area contributed by atoms with Gasteiger partial charge in [0, 0.05) is 15.4 Å². The Bertz CT molecular complexity index is 450. The number of thiophene rings is 1. The van der Waals surface area contributed by atoms with E-state index in [2.05, 4.69) is 31.9 Å². The summed E-state index contributed by atoms with van der Waals surface area (Å²) in [4.78, 5) is 0. The van der Waals surface area contributed by atoms with Crippen LogP contribution in [-0.4, -0.2) is 0 Å². The summed E-state index contributed by atoms with van der Waals surface area (Å²) in [5.74, 6) is 0. The van der Waals surface area contributed by atoms with Gasteiger partial charge in [0.25, 0.3) is 0 Å². The van der Waals surface area contributed by atoms with E-state index in [4.69, 9.17) is 0 Å². The summed E-state index contributed by atoms with van der Waals surface area (Å²) in [6.07, 6.45) is 0. The second-order valence-electron chi connectivity index (χ2n) is 2.62. The standard InChI is InChI=1S/C9H5Br2FS/c10-4-5-2-1-3-6-7(11)9(12)13-8(5)6/h1-3H,4H2. The zero-order chi connectivity index (χ0) is 9.42. The van der Waals surface area contributed by atoms with Gasteiger partial charge in [0.15, 0.2) is 5.13 Å². The summed E-state index contributed by atoms with van der Waals surface area (Å²) in [6, 6.07) is 5.86. The van der Waals surface area contributed by atoms with Gasteiger partial charge in [0.2, 0.25) is 0 Å². The number of fused-ring (bicyclic) bond motifs is 1. The molecule has 0 unspecified atom stereocenters. The third-order valence-corrected chi connectivity index (χ3v) is 4.55. The van der Waals surface area contributed by atoms with Crippen LogP contribution < -0.4 is 0 Å². The van der Waals surface area contributed by atoms with E-state index in [-0.39, 0.29) is 5.13 Å². The average molecular weight is 324 g/mol. The molecule has 2 rings (SSSR count). The fourth-order valence-corrected chi connectivity index (χ4v) is 3.51. The maximum Gasteiger partial charge on any atom is 0.191 e. The van der Waals surface area contributed by atoms with Crippen LogP contribution in [0.15, 0.2) is 22.7 Å². The van der Waals surface area contributed by atoms with Crippen LogP contribution in [0.3, 0.4) is 0 Å². The quantitative estimate of drug-likeness (QED) is 0.667. The Morgan fingerprint density at radius 1 is 1.38 bits per heavy atom. The molecule has 1 aromatic heterocycles. The van der Waals surface area contributed by atoms with E-state index < -0.39 is 0 Å². The second-order valence-corrected chi connectivity index (χ2v) is 4.94. The van der Waals surface area contributed by atoms with Crippen molar-refractivity contribution in [1.82, 2.24) is 0 Å². The average Bonchev–Trinajstić information content (AvgIpc) is 2.43. The van der Waals surface area contributed by atoms with E-state index in [9.17, 15) is 4.39 Å². The number of alkyl halides is 1. The van der Waals surface area contributed by atoms with Crippen molar-refractivity contribution in [3.63, 3.8) is 0 Å². The van der Waals surface area contributed by atoms with E-state index in [1.165, 1.54) is 11.3 Å². The first kappa shape index (κ1) is 9.62. The minimum Gasteiger partial charge on any atom is -0.194 e. The molecular weight excluding hydrogens is 319 g/mol. The third kappa shape index (κ3) is 1.55. The highest BCUT2D eigenvalue weighted by molar-refractivity contribution is 9.10. The van der Waals surface area contributed by atoms with E-state index in [1.54, 1.807) is 0 Å². The van der Waals surface area contributed by atoms with Gasteiger partial charge >= 0.3 is 0 Å². The van der Waals surface area contributed by atoms with Crippen molar-refractivity contribution in [2.75, 3.05) is 0 Å². The first-order valence-corrected chi connectivity index (χ1v) is 6.38. The van der Waals surface area contributed by atoms with Crippen LogP contribution in [0.4, 0.5) is 4.39 Å². The van der Waals surface area contributed by atoms with E-state index >= 15 is 0 Å². The van der Waals surface area contributed by atoms with Gasteiger partial charge in [-0.1, -0.05) is 34.1 Å². The van der Waals surface area contributed by atoms with Crippen molar-refractivity contribution >= 4 is 53.3 Å². The van der Waals surface area contributed by atoms with Gasteiger partial charge in [-0.15, -0.1) is 11.3 Å². The number of hydrogen-bond donors (Lipinski definition) is 0. The lowest BCUT2D eigenvalue weighted by atomic mass is 10.2. The molecule has 0 bridgehead atoms. The van der Waals surface area contributed by atoms with Crippen LogP contribution in [0.5, 0.6) is 0 Å². The molecule has 0 saturated carbocycles. The monoisotopic (exact) mass is 322 g/mol. The van der Waals surface area contributed by atoms with Crippen molar-refractivity contribution in [3.05, 3.63) is 33.4 Å². The lowest BCUT2D eigenvalue weighted by Crippen LogP contribution is -1.75. The second kappa shape index (κ2) is 3.67. The molecule has 13 heavy (non-hydrogen) atoms. The fourth-order valence-electron chi connectivity index (χ4n) is 1.22. The highest BCUT2D eigenvalue weighted by Gasteiger charge is 2.11. The molecule has 0 atom stereocenters. The van der Waals surface area contributed by atoms with Crippen LogP contribution in [0.25, 0.3) is 10.1 Å². The van der Waals surface area contributed by atoms with Crippen molar-refractivity contribution in [2.45, 2.75) is 5.33 Å². The van der Waals surface area contributed by atoms with Crippen molar-refractivity contribution < 1.29 is 4.39 Å². The Balaban J connectivity index is 2.84. The molecule has 0 aliphatic rings. The SMILES string of the molecule is Fc1sc2c(CBr)cccc2c1Br. The van der Waals surface area contributed by atoms with Crippen LogP contribution in [0.1, 0.15) is 5.56 Å². The summed E-state index contributed by atoms with van der Waals surface area (Å²) in [5.41, 5.74) is 1.13. The molecule has 2 aromatic rings. The smallest absolute Gasteiger partial charge is 0.191 e. The minimum absolute atomic E-state index is 0.150. The van der Waals surface area contributed by atoms with Crippen molar-refractivity contribution in [3.8, 4) is 0 Å². The molecule has 0 amide bonds. The predicted molar refractivity (Wildman–Crippen MR) is 62.1 cm³/mol. The number of hydrogen-bond acceptors (Lipinski definition) is 1. The van der Waals surface area contributed by atoms with Crippen LogP contribution in [0.2, 0.25) is 0 Å². The van der Waals surface area contributed by atoms with Crippen LogP contribution in [-0.2, 0) is 5.33 Å². The Morgan fingerprint density at radius 2 is 2.15 bits per heavy atom. The lowest BCUT2D eigenvalue weighted by molar-refractivity contribution is 0.652. The van der Waals surface area contributed by atoms with E-state index in [0.29, 0.717) is 4.47 Å². The zero-order valence-electron chi connectivity index (χ0n) is 6.48. The molecule has 1 aromatic carbocycles. The fraction of sp³-hybridized carbons (Fsp3) is 0.111. The van der Waals surface area contributed by atoms with Crippen LogP contribution in [0, 0.1) is 5.13 Å². The van der Waals surface area contributed by atoms with Gasteiger partial charge in [-0.25, -0.2) is 0 Å². The molecule has 1 heterocycles. The summed E-state index contributed by atoms with van der Waals surface area (Å²) >= 11 is 7.80. The highest BCUT2D eigenvalue weighted by atomic mass is 79.9. The third-order valence-electron chi connectivity index (χ3n) is 1.84. The molecule has 0 radical (unpaired) electrons. The normalized spacial score (nSPS) is 11.0. The maximum absolute atomic E-state index is 13.2. The first-order valence-electron chi connectivity index (χ1n) is 3.65. The Hall–Kier alpha value is 0.0700. The largest absolute Gasteiger partial charge is 0.194 e. The zero-order valence-corrected chi connectivity index (χ0v) is 10.5. The number of halogens is 3. The van der Waals surface area contributed by atoms with Gasteiger partial charge < -0.3 is 0 Å². The summed E-state index contributed by atoms with van der Waals surface area (Å²) in [6.45, 7) is 0. The number of rotatable bonds is 1. The molecule has 0 aliphatic heterocycles. The van der Waals surface area contributed by atoms with Gasteiger partial charge in [0.1, 0.15) is 0 Å². The highest BCUT2D eigenvalue weighted by Crippen LogP contribution is 2.36. The van der Waals surface area contributed by atoms with Crippen LogP contribution >= 0.6 is 43.2 Å². The molecule has 4 heteroatoms. The molecular formula is C9H5Br2FS. The van der Waals surface area contributed by atoms with Crippen molar-refractivity contribution in [1.29, 1.82) is 0 Å². The molecule has 0 nitrogen and oxygen atoms in total. The molecule has 0 saturated heterocycles. The molecule has 0 spiro atoms. The first-order chi connectivity index (χ1) is 6.24. The Labute approximate surface area is 96.0 Å². The summed E-state index contributed by atoms with van der Waals surface area (Å²) < 4.78 is 14.8. The van der Waals surface area contributed by atoms with Gasteiger partial charge in [0.05, 0.1) is 4.47 Å². The van der Waals surface area contributed by atoms with E-state index in [0.717, 1.165) is 21.0 Å². The molecule has 68 valence electrons. The van der Waals surface area contributed by atoms with Gasteiger partial charge in [-0.2, -0.15) is 4.39 Å². The lowest BCUT2D eigenvalue weighted by Gasteiger charge is -1.96. The van der Waals surface area contributed by atoms with E-state index in [1.807, 2.05) is 18.2 Å². The maximum atomic E-state index is 13.2. The topological polar surface area (TPSA) is 0 Å². The Morgan fingerprint density at radius 3 is 2.85 bits per heavy atom. The molecule has 0 N–H and O–H groups in total. The van der Waals surface area contributed by atoms with Gasteiger partial charge in [-0.3, -0.25) is 0 Å².